The van der Waals surface area contributed by atoms with E-state index < -0.39 is 0 Å². The molecule has 0 aliphatic carbocycles. The molecular formula is C15H25N3O2S. The van der Waals surface area contributed by atoms with Crippen LogP contribution in [0, 0.1) is 20.8 Å². The van der Waals surface area contributed by atoms with E-state index in [2.05, 4.69) is 22.2 Å². The first-order chi connectivity index (χ1) is 9.99. The molecule has 0 amide bonds. The maximum absolute atomic E-state index is 11.7. The fourth-order valence-electron chi connectivity index (χ4n) is 1.84. The van der Waals surface area contributed by atoms with Gasteiger partial charge in [0, 0.05) is 17.1 Å². The third-order valence-corrected chi connectivity index (χ3v) is 4.26. The summed E-state index contributed by atoms with van der Waals surface area (Å²) in [6.45, 7) is 8.90. The van der Waals surface area contributed by atoms with Gasteiger partial charge in [0.25, 0.3) is 0 Å². The highest BCUT2D eigenvalue weighted by Gasteiger charge is 2.18. The summed E-state index contributed by atoms with van der Waals surface area (Å²) in [5.41, 5.74) is 3.16. The van der Waals surface area contributed by atoms with Gasteiger partial charge in [-0.2, -0.15) is 0 Å². The summed E-state index contributed by atoms with van der Waals surface area (Å²) in [6, 6.07) is -0.255. The summed E-state index contributed by atoms with van der Waals surface area (Å²) in [6.07, 6.45) is 1.69. The predicted molar refractivity (Wildman–Crippen MR) is 85.7 cm³/mol. The minimum absolute atomic E-state index is 0.207. The van der Waals surface area contributed by atoms with E-state index in [1.807, 2.05) is 20.8 Å². The van der Waals surface area contributed by atoms with Gasteiger partial charge in [-0.15, -0.1) is 0 Å². The van der Waals surface area contributed by atoms with E-state index in [0.717, 1.165) is 40.8 Å². The number of nitrogens with zero attached hydrogens (tertiary/aromatic N) is 2. The molecule has 1 aromatic rings. The molecule has 1 N–H and O–H groups in total. The van der Waals surface area contributed by atoms with E-state index in [1.54, 1.807) is 11.8 Å². The number of methoxy groups -OCH3 is 1. The highest BCUT2D eigenvalue weighted by atomic mass is 32.2. The second kappa shape index (κ2) is 9.00. The lowest BCUT2D eigenvalue weighted by Gasteiger charge is -2.15. The molecule has 0 aromatic carbocycles. The standard InChI is InChI=1S/C15H25N3O2S/c1-6-8-16-13(14(19)20-5)7-9-21-15-17-11(3)10(2)12(4)18-15/h13,16H,6-9H2,1-5H3. The summed E-state index contributed by atoms with van der Waals surface area (Å²) in [5.74, 6) is 0.569. The quantitative estimate of drug-likeness (QED) is 0.452. The van der Waals surface area contributed by atoms with Gasteiger partial charge in [-0.25, -0.2) is 9.97 Å². The monoisotopic (exact) mass is 311 g/mol. The predicted octanol–water partition coefficient (Wildman–Crippen LogP) is 2.43. The third kappa shape index (κ3) is 5.63. The van der Waals surface area contributed by atoms with E-state index in [1.165, 1.54) is 7.11 Å². The third-order valence-electron chi connectivity index (χ3n) is 3.38. The van der Waals surface area contributed by atoms with Crippen LogP contribution in [0.2, 0.25) is 0 Å². The van der Waals surface area contributed by atoms with Gasteiger partial charge in [-0.05, 0) is 45.7 Å². The number of ether oxygens (including phenoxy) is 1. The van der Waals surface area contributed by atoms with Crippen LogP contribution in [0.1, 0.15) is 36.7 Å². The largest absolute Gasteiger partial charge is 0.468 e. The molecular weight excluding hydrogens is 286 g/mol. The van der Waals surface area contributed by atoms with Gasteiger partial charge in [-0.1, -0.05) is 18.7 Å². The first-order valence-corrected chi connectivity index (χ1v) is 8.24. The van der Waals surface area contributed by atoms with Gasteiger partial charge in [0.1, 0.15) is 6.04 Å². The normalized spacial score (nSPS) is 12.2. The number of aromatic nitrogens is 2. The lowest BCUT2D eigenvalue weighted by molar-refractivity contribution is -0.143. The maximum Gasteiger partial charge on any atom is 0.322 e. The van der Waals surface area contributed by atoms with Gasteiger partial charge < -0.3 is 10.1 Å². The van der Waals surface area contributed by atoms with Crippen molar-refractivity contribution in [3.63, 3.8) is 0 Å². The van der Waals surface area contributed by atoms with E-state index >= 15 is 0 Å². The summed E-state index contributed by atoms with van der Waals surface area (Å²) in [5, 5.41) is 3.98. The van der Waals surface area contributed by atoms with Crippen molar-refractivity contribution >= 4 is 17.7 Å². The van der Waals surface area contributed by atoms with E-state index in [0.29, 0.717) is 6.42 Å². The van der Waals surface area contributed by atoms with Crippen molar-refractivity contribution in [2.75, 3.05) is 19.4 Å². The van der Waals surface area contributed by atoms with Gasteiger partial charge >= 0.3 is 5.97 Å². The number of carbonyl (C=O) groups excluding carboxylic acids is 1. The average Bonchev–Trinajstić information content (AvgIpc) is 2.47. The summed E-state index contributed by atoms with van der Waals surface area (Å²) >= 11 is 1.58. The van der Waals surface area contributed by atoms with Crippen molar-refractivity contribution in [3.8, 4) is 0 Å². The van der Waals surface area contributed by atoms with Gasteiger partial charge in [-0.3, -0.25) is 4.79 Å². The lowest BCUT2D eigenvalue weighted by atomic mass is 10.2. The first-order valence-electron chi connectivity index (χ1n) is 7.25. The molecule has 1 rings (SSSR count). The Morgan fingerprint density at radius 1 is 1.29 bits per heavy atom. The maximum atomic E-state index is 11.7. The van der Waals surface area contributed by atoms with Crippen LogP contribution >= 0.6 is 11.8 Å². The topological polar surface area (TPSA) is 64.1 Å². The number of rotatable bonds is 8. The highest BCUT2D eigenvalue weighted by molar-refractivity contribution is 7.99. The second-order valence-corrected chi connectivity index (χ2v) is 6.03. The minimum Gasteiger partial charge on any atom is -0.468 e. The number of hydrogen-bond acceptors (Lipinski definition) is 6. The number of carbonyl (C=O) groups is 1. The van der Waals surface area contributed by atoms with Crippen LogP contribution in [0.4, 0.5) is 0 Å². The van der Waals surface area contributed by atoms with Gasteiger partial charge in [0.15, 0.2) is 5.16 Å². The fourth-order valence-corrected chi connectivity index (χ4v) is 2.78. The van der Waals surface area contributed by atoms with Crippen LogP contribution in [-0.2, 0) is 9.53 Å². The number of hydrogen-bond donors (Lipinski definition) is 1. The Morgan fingerprint density at radius 3 is 2.43 bits per heavy atom. The molecule has 118 valence electrons. The molecule has 1 atom stereocenters. The molecule has 0 saturated heterocycles. The SMILES string of the molecule is CCCNC(CCSc1nc(C)c(C)c(C)n1)C(=O)OC. The second-order valence-electron chi connectivity index (χ2n) is 4.97. The molecule has 0 bridgehead atoms. The Bertz CT molecular complexity index is 457. The van der Waals surface area contributed by atoms with Crippen molar-refractivity contribution in [1.82, 2.24) is 15.3 Å². The molecule has 21 heavy (non-hydrogen) atoms. The highest BCUT2D eigenvalue weighted by Crippen LogP contribution is 2.18. The summed E-state index contributed by atoms with van der Waals surface area (Å²) in [4.78, 5) is 20.6. The van der Waals surface area contributed by atoms with Gasteiger partial charge in [0.05, 0.1) is 7.11 Å². The molecule has 1 unspecified atom stereocenters. The number of aryl methyl sites for hydroxylation is 2. The molecule has 0 saturated carbocycles. The fraction of sp³-hybridized carbons (Fsp3) is 0.667. The lowest BCUT2D eigenvalue weighted by Crippen LogP contribution is -2.38. The minimum atomic E-state index is -0.255. The van der Waals surface area contributed by atoms with Crippen LogP contribution in [0.5, 0.6) is 0 Å². The van der Waals surface area contributed by atoms with Crippen LogP contribution in [-0.4, -0.2) is 41.4 Å². The Balaban J connectivity index is 2.55. The Labute approximate surface area is 131 Å². The van der Waals surface area contributed by atoms with Gasteiger partial charge in [0.2, 0.25) is 0 Å². The molecule has 0 aliphatic rings. The van der Waals surface area contributed by atoms with E-state index in [4.69, 9.17) is 4.74 Å². The summed E-state index contributed by atoms with van der Waals surface area (Å²) in [7, 11) is 1.42. The Kier molecular flexibility index (Phi) is 7.67. The molecule has 0 fully saturated rings. The zero-order chi connectivity index (χ0) is 15.8. The molecule has 5 nitrogen and oxygen atoms in total. The average molecular weight is 311 g/mol. The molecule has 0 spiro atoms. The summed E-state index contributed by atoms with van der Waals surface area (Å²) < 4.78 is 4.82. The van der Waals surface area contributed by atoms with Crippen LogP contribution in [0.25, 0.3) is 0 Å². The smallest absolute Gasteiger partial charge is 0.322 e. The zero-order valence-corrected chi connectivity index (χ0v) is 14.3. The number of nitrogens with one attached hydrogen (secondary N) is 1. The molecule has 0 aliphatic heterocycles. The van der Waals surface area contributed by atoms with Crippen LogP contribution in [0.3, 0.4) is 0 Å². The van der Waals surface area contributed by atoms with Crippen molar-refractivity contribution in [2.45, 2.75) is 51.7 Å². The molecule has 0 radical (unpaired) electrons. The number of thioether (sulfide) groups is 1. The number of esters is 1. The molecule has 6 heteroatoms. The van der Waals surface area contributed by atoms with Crippen LogP contribution < -0.4 is 5.32 Å². The zero-order valence-electron chi connectivity index (χ0n) is 13.5. The van der Waals surface area contributed by atoms with Crippen molar-refractivity contribution in [2.24, 2.45) is 0 Å². The van der Waals surface area contributed by atoms with Crippen molar-refractivity contribution < 1.29 is 9.53 Å². The van der Waals surface area contributed by atoms with Crippen molar-refractivity contribution in [3.05, 3.63) is 17.0 Å². The van der Waals surface area contributed by atoms with E-state index in [-0.39, 0.29) is 12.0 Å². The van der Waals surface area contributed by atoms with E-state index in [9.17, 15) is 4.79 Å². The molecule has 1 heterocycles. The Hall–Kier alpha value is -1.14. The van der Waals surface area contributed by atoms with Crippen LogP contribution in [0.15, 0.2) is 5.16 Å². The first kappa shape index (κ1) is 17.9. The van der Waals surface area contributed by atoms with Crippen molar-refractivity contribution in [1.29, 1.82) is 0 Å². The Morgan fingerprint density at radius 2 is 1.90 bits per heavy atom. The molecule has 1 aromatic heterocycles.